The zero-order valence-corrected chi connectivity index (χ0v) is 15.3. The van der Waals surface area contributed by atoms with E-state index in [0.29, 0.717) is 0 Å². The fourth-order valence-corrected chi connectivity index (χ4v) is 3.77. The molecule has 0 aromatic heterocycles. The molecule has 0 radical (unpaired) electrons. The predicted octanol–water partition coefficient (Wildman–Crippen LogP) is 3.39. The first-order valence-electron chi connectivity index (χ1n) is 8.97. The molecule has 0 amide bonds. The van der Waals surface area contributed by atoms with Crippen LogP contribution in [0, 0.1) is 5.92 Å². The lowest BCUT2D eigenvalue weighted by atomic mass is 9.74. The molecule has 2 heterocycles. The van der Waals surface area contributed by atoms with Crippen LogP contribution in [0.2, 0.25) is 0 Å². The molecule has 24 heavy (non-hydrogen) atoms. The molecule has 3 rings (SSSR count). The van der Waals surface area contributed by atoms with Gasteiger partial charge in [-0.3, -0.25) is 4.79 Å². The van der Waals surface area contributed by atoms with Gasteiger partial charge in [0.2, 0.25) is 0 Å². The van der Waals surface area contributed by atoms with Crippen LogP contribution >= 0.6 is 0 Å². The second-order valence-corrected chi connectivity index (χ2v) is 8.30. The van der Waals surface area contributed by atoms with Crippen LogP contribution in [-0.4, -0.2) is 42.7 Å². The third-order valence-electron chi connectivity index (χ3n) is 5.12. The fraction of sp³-hybridized carbons (Fsp3) is 0.650. The summed E-state index contributed by atoms with van der Waals surface area (Å²) >= 11 is 0. The van der Waals surface area contributed by atoms with E-state index in [9.17, 15) is 4.79 Å². The van der Waals surface area contributed by atoms with Gasteiger partial charge in [-0.1, -0.05) is 25.1 Å². The van der Waals surface area contributed by atoms with Gasteiger partial charge in [-0.25, -0.2) is 0 Å². The number of esters is 1. The number of likely N-dealkylation sites (tertiary alicyclic amines) is 1. The molecule has 4 nitrogen and oxygen atoms in total. The third kappa shape index (κ3) is 3.59. The summed E-state index contributed by atoms with van der Waals surface area (Å²) < 4.78 is 11.4. The molecule has 132 valence electrons. The molecule has 2 aliphatic heterocycles. The highest BCUT2D eigenvalue weighted by Gasteiger charge is 2.43. The first kappa shape index (κ1) is 17.3. The van der Waals surface area contributed by atoms with Gasteiger partial charge in [0.05, 0.1) is 12.5 Å². The number of benzene rings is 1. The Morgan fingerprint density at radius 3 is 2.62 bits per heavy atom. The van der Waals surface area contributed by atoms with E-state index in [2.05, 4.69) is 23.1 Å². The average molecular weight is 331 g/mol. The topological polar surface area (TPSA) is 38.8 Å². The highest BCUT2D eigenvalue weighted by molar-refractivity contribution is 5.72. The monoisotopic (exact) mass is 331 g/mol. The average Bonchev–Trinajstić information content (AvgIpc) is 2.87. The molecule has 1 fully saturated rings. The van der Waals surface area contributed by atoms with Gasteiger partial charge >= 0.3 is 5.97 Å². The smallest absolute Gasteiger partial charge is 0.310 e. The summed E-state index contributed by atoms with van der Waals surface area (Å²) in [6.07, 6.45) is 2.18. The van der Waals surface area contributed by atoms with Crippen LogP contribution < -0.4 is 4.74 Å². The lowest BCUT2D eigenvalue weighted by Crippen LogP contribution is -2.46. The molecular formula is C20H29NO3. The summed E-state index contributed by atoms with van der Waals surface area (Å²) in [6.45, 7) is 11.3. The van der Waals surface area contributed by atoms with Crippen molar-refractivity contribution < 1.29 is 14.3 Å². The van der Waals surface area contributed by atoms with Gasteiger partial charge in [-0.05, 0) is 52.8 Å². The molecule has 1 saturated heterocycles. The van der Waals surface area contributed by atoms with E-state index in [1.165, 1.54) is 5.56 Å². The van der Waals surface area contributed by atoms with Gasteiger partial charge < -0.3 is 14.4 Å². The molecule has 1 aromatic rings. The number of piperidine rings is 1. The van der Waals surface area contributed by atoms with Crippen LogP contribution in [0.5, 0.6) is 5.75 Å². The first-order valence-corrected chi connectivity index (χ1v) is 8.97. The van der Waals surface area contributed by atoms with Crippen LogP contribution in [0.1, 0.15) is 46.1 Å². The zero-order valence-electron chi connectivity index (χ0n) is 15.3. The van der Waals surface area contributed by atoms with Crippen LogP contribution in [0.15, 0.2) is 24.3 Å². The molecule has 0 N–H and O–H groups in total. The minimum atomic E-state index is -0.414. The largest absolute Gasteiger partial charge is 0.492 e. The van der Waals surface area contributed by atoms with E-state index in [0.717, 1.165) is 44.8 Å². The van der Waals surface area contributed by atoms with Gasteiger partial charge in [0.1, 0.15) is 11.4 Å². The van der Waals surface area contributed by atoms with Gasteiger partial charge in [-0.2, -0.15) is 0 Å². The Labute approximate surface area is 145 Å². The number of ether oxygens (including phenoxy) is 2. The van der Waals surface area contributed by atoms with E-state index in [1.54, 1.807) is 0 Å². The summed E-state index contributed by atoms with van der Waals surface area (Å²) in [6, 6.07) is 8.42. The predicted molar refractivity (Wildman–Crippen MR) is 94.3 cm³/mol. The molecule has 4 heteroatoms. The van der Waals surface area contributed by atoms with Crippen molar-refractivity contribution in [3.05, 3.63) is 29.8 Å². The normalized spacial score (nSPS) is 21.2. The van der Waals surface area contributed by atoms with Crippen molar-refractivity contribution in [2.75, 3.05) is 26.2 Å². The molecule has 1 spiro atoms. The summed E-state index contributed by atoms with van der Waals surface area (Å²) in [5.74, 6) is 0.857. The maximum Gasteiger partial charge on any atom is 0.310 e. The summed E-state index contributed by atoms with van der Waals surface area (Å²) in [5, 5.41) is 0. The Bertz CT molecular complexity index is 597. The molecule has 1 aromatic carbocycles. The van der Waals surface area contributed by atoms with Crippen molar-refractivity contribution in [1.29, 1.82) is 0 Å². The highest BCUT2D eigenvalue weighted by atomic mass is 16.6. The Kier molecular flexibility index (Phi) is 4.60. The van der Waals surface area contributed by atoms with Crippen molar-refractivity contribution in [2.24, 2.45) is 5.92 Å². The number of para-hydroxylation sites is 1. The van der Waals surface area contributed by atoms with Crippen LogP contribution in [0.3, 0.4) is 0 Å². The minimum Gasteiger partial charge on any atom is -0.492 e. The Morgan fingerprint density at radius 1 is 1.29 bits per heavy atom. The van der Waals surface area contributed by atoms with Gasteiger partial charge in [0.15, 0.2) is 0 Å². The fourth-order valence-electron chi connectivity index (χ4n) is 3.77. The second-order valence-electron chi connectivity index (χ2n) is 8.30. The number of rotatable bonds is 3. The van der Waals surface area contributed by atoms with Crippen molar-refractivity contribution in [3.63, 3.8) is 0 Å². The van der Waals surface area contributed by atoms with E-state index < -0.39 is 5.60 Å². The van der Waals surface area contributed by atoms with E-state index in [1.807, 2.05) is 33.8 Å². The SMILES string of the molecule is CC(CN1CCC2(CC1)COc1ccccc12)C(=O)OC(C)(C)C. The summed E-state index contributed by atoms with van der Waals surface area (Å²) in [4.78, 5) is 14.6. The van der Waals surface area contributed by atoms with Crippen molar-refractivity contribution in [2.45, 2.75) is 51.6 Å². The molecular weight excluding hydrogens is 302 g/mol. The maximum atomic E-state index is 12.2. The lowest BCUT2D eigenvalue weighted by Gasteiger charge is -2.39. The number of fused-ring (bicyclic) bond motifs is 2. The number of carbonyl (C=O) groups is 1. The number of nitrogens with zero attached hydrogens (tertiary/aromatic N) is 1. The molecule has 2 aliphatic rings. The summed E-state index contributed by atoms with van der Waals surface area (Å²) in [7, 11) is 0. The quantitative estimate of drug-likeness (QED) is 0.796. The highest BCUT2D eigenvalue weighted by Crippen LogP contribution is 2.45. The second kappa shape index (κ2) is 6.40. The van der Waals surface area contributed by atoms with E-state index in [-0.39, 0.29) is 17.3 Å². The summed E-state index contributed by atoms with van der Waals surface area (Å²) in [5.41, 5.74) is 1.12. The van der Waals surface area contributed by atoms with Crippen molar-refractivity contribution in [3.8, 4) is 5.75 Å². The third-order valence-corrected chi connectivity index (χ3v) is 5.12. The van der Waals surface area contributed by atoms with Crippen LogP contribution in [0.4, 0.5) is 0 Å². The molecule has 0 saturated carbocycles. The van der Waals surface area contributed by atoms with E-state index in [4.69, 9.17) is 9.47 Å². The number of carbonyl (C=O) groups excluding carboxylic acids is 1. The van der Waals surface area contributed by atoms with Crippen LogP contribution in [-0.2, 0) is 14.9 Å². The molecule has 1 atom stereocenters. The Hall–Kier alpha value is -1.55. The Morgan fingerprint density at radius 2 is 1.96 bits per heavy atom. The lowest BCUT2D eigenvalue weighted by molar-refractivity contribution is -0.160. The first-order chi connectivity index (χ1) is 11.3. The molecule has 0 aliphatic carbocycles. The van der Waals surface area contributed by atoms with Gasteiger partial charge in [0.25, 0.3) is 0 Å². The van der Waals surface area contributed by atoms with Crippen molar-refractivity contribution in [1.82, 2.24) is 4.90 Å². The number of hydrogen-bond donors (Lipinski definition) is 0. The standard InChI is InChI=1S/C20H29NO3/c1-15(18(22)24-19(2,3)4)13-21-11-9-20(10-12-21)14-23-17-8-6-5-7-16(17)20/h5-8,15H,9-14H2,1-4H3. The van der Waals surface area contributed by atoms with Gasteiger partial charge in [0, 0.05) is 17.5 Å². The molecule has 0 bridgehead atoms. The van der Waals surface area contributed by atoms with Crippen LogP contribution in [0.25, 0.3) is 0 Å². The number of hydrogen-bond acceptors (Lipinski definition) is 4. The zero-order chi connectivity index (χ0) is 17.4. The Balaban J connectivity index is 1.56. The van der Waals surface area contributed by atoms with Gasteiger partial charge in [-0.15, -0.1) is 0 Å². The molecule has 1 unspecified atom stereocenters. The maximum absolute atomic E-state index is 12.2. The van der Waals surface area contributed by atoms with E-state index >= 15 is 0 Å². The van der Waals surface area contributed by atoms with Crippen molar-refractivity contribution >= 4 is 5.97 Å². The minimum absolute atomic E-state index is 0.0922.